The molecule has 22 heavy (non-hydrogen) atoms. The average Bonchev–Trinajstić information content (AvgIpc) is 3.15. The summed E-state index contributed by atoms with van der Waals surface area (Å²) < 4.78 is 10.4. The quantitative estimate of drug-likeness (QED) is 0.871. The summed E-state index contributed by atoms with van der Waals surface area (Å²) in [6.07, 6.45) is 2.32. The fraction of sp³-hybridized carbons (Fsp3) is 0.412. The molecule has 1 aromatic heterocycles. The number of carbonyl (C=O) groups is 1. The monoisotopic (exact) mass is 300 g/mol. The third-order valence-corrected chi connectivity index (χ3v) is 4.05. The molecule has 0 saturated carbocycles. The molecule has 1 amide bonds. The molecule has 1 fully saturated rings. The van der Waals surface area contributed by atoms with Crippen molar-refractivity contribution in [2.24, 2.45) is 0 Å². The van der Waals surface area contributed by atoms with Crippen LogP contribution in [0.5, 0.6) is 5.75 Å². The van der Waals surface area contributed by atoms with E-state index in [4.69, 9.17) is 9.26 Å². The third-order valence-electron chi connectivity index (χ3n) is 4.05. The van der Waals surface area contributed by atoms with Gasteiger partial charge in [-0.25, -0.2) is 0 Å². The SMILES string of the molecule is COc1cccc(CC(=O)N2CCC[C@H]2c2cc(C)on2)c1. The molecule has 0 N–H and O–H groups in total. The van der Waals surface area contributed by atoms with Gasteiger partial charge < -0.3 is 14.2 Å². The molecule has 0 aliphatic carbocycles. The summed E-state index contributed by atoms with van der Waals surface area (Å²) in [6, 6.07) is 9.60. The number of aryl methyl sites for hydroxylation is 1. The van der Waals surface area contributed by atoms with Crippen LogP contribution in [0.1, 0.15) is 35.9 Å². The van der Waals surface area contributed by atoms with Crippen molar-refractivity contribution in [3.05, 3.63) is 47.3 Å². The highest BCUT2D eigenvalue weighted by Gasteiger charge is 2.31. The van der Waals surface area contributed by atoms with Gasteiger partial charge in [-0.3, -0.25) is 4.79 Å². The van der Waals surface area contributed by atoms with E-state index in [2.05, 4.69) is 5.16 Å². The molecule has 5 nitrogen and oxygen atoms in total. The number of likely N-dealkylation sites (tertiary alicyclic amines) is 1. The molecule has 1 saturated heterocycles. The van der Waals surface area contributed by atoms with Gasteiger partial charge in [-0.1, -0.05) is 17.3 Å². The van der Waals surface area contributed by atoms with Crippen LogP contribution in [0.4, 0.5) is 0 Å². The number of hydrogen-bond donors (Lipinski definition) is 0. The zero-order valence-electron chi connectivity index (χ0n) is 12.9. The summed E-state index contributed by atoms with van der Waals surface area (Å²) >= 11 is 0. The molecule has 116 valence electrons. The highest BCUT2D eigenvalue weighted by Crippen LogP contribution is 2.32. The Morgan fingerprint density at radius 2 is 2.32 bits per heavy atom. The molecule has 0 unspecified atom stereocenters. The highest BCUT2D eigenvalue weighted by atomic mass is 16.5. The van der Waals surface area contributed by atoms with Crippen LogP contribution >= 0.6 is 0 Å². The molecule has 2 heterocycles. The third kappa shape index (κ3) is 2.98. The minimum Gasteiger partial charge on any atom is -0.497 e. The maximum absolute atomic E-state index is 12.6. The lowest BCUT2D eigenvalue weighted by atomic mass is 10.1. The first-order chi connectivity index (χ1) is 10.7. The van der Waals surface area contributed by atoms with Gasteiger partial charge in [0, 0.05) is 12.6 Å². The summed E-state index contributed by atoms with van der Waals surface area (Å²) in [5, 5.41) is 4.08. The Balaban J connectivity index is 1.73. The Labute approximate surface area is 129 Å². The Bertz CT molecular complexity index is 665. The van der Waals surface area contributed by atoms with Crippen molar-refractivity contribution in [1.82, 2.24) is 10.1 Å². The molecule has 1 aliphatic rings. The first-order valence-electron chi connectivity index (χ1n) is 7.53. The van der Waals surface area contributed by atoms with Gasteiger partial charge in [0.05, 0.1) is 19.6 Å². The van der Waals surface area contributed by atoms with Gasteiger partial charge in [0.25, 0.3) is 0 Å². The van der Waals surface area contributed by atoms with Gasteiger partial charge in [-0.15, -0.1) is 0 Å². The second kappa shape index (κ2) is 6.22. The number of rotatable bonds is 4. The first kappa shape index (κ1) is 14.6. The number of ether oxygens (including phenoxy) is 1. The van der Waals surface area contributed by atoms with Gasteiger partial charge in [-0.2, -0.15) is 0 Å². The van der Waals surface area contributed by atoms with Crippen LogP contribution in [0.3, 0.4) is 0 Å². The maximum Gasteiger partial charge on any atom is 0.227 e. The van der Waals surface area contributed by atoms with Crippen molar-refractivity contribution in [3.8, 4) is 5.75 Å². The first-order valence-corrected chi connectivity index (χ1v) is 7.53. The van der Waals surface area contributed by atoms with Crippen molar-refractivity contribution >= 4 is 5.91 Å². The minimum absolute atomic E-state index is 0.0376. The number of hydrogen-bond acceptors (Lipinski definition) is 4. The van der Waals surface area contributed by atoms with Crippen molar-refractivity contribution in [2.45, 2.75) is 32.2 Å². The summed E-state index contributed by atoms with van der Waals surface area (Å²) in [4.78, 5) is 14.5. The Morgan fingerprint density at radius 1 is 1.45 bits per heavy atom. The summed E-state index contributed by atoms with van der Waals surface area (Å²) in [7, 11) is 1.63. The summed E-state index contributed by atoms with van der Waals surface area (Å²) in [6.45, 7) is 2.65. The molecule has 0 spiro atoms. The molecular formula is C17H20N2O3. The largest absolute Gasteiger partial charge is 0.497 e. The van der Waals surface area contributed by atoms with E-state index < -0.39 is 0 Å². The Kier molecular flexibility index (Phi) is 4.13. The number of benzene rings is 1. The van der Waals surface area contributed by atoms with Crippen LogP contribution in [0.25, 0.3) is 0 Å². The topological polar surface area (TPSA) is 55.6 Å². The molecule has 1 atom stereocenters. The van der Waals surface area contributed by atoms with E-state index in [1.54, 1.807) is 7.11 Å². The predicted molar refractivity (Wildman–Crippen MR) is 81.6 cm³/mol. The summed E-state index contributed by atoms with van der Waals surface area (Å²) in [5.74, 6) is 1.67. The minimum atomic E-state index is 0.0376. The second-order valence-electron chi connectivity index (χ2n) is 5.64. The lowest BCUT2D eigenvalue weighted by Crippen LogP contribution is -2.32. The lowest BCUT2D eigenvalue weighted by Gasteiger charge is -2.23. The van der Waals surface area contributed by atoms with E-state index in [-0.39, 0.29) is 11.9 Å². The van der Waals surface area contributed by atoms with Crippen LogP contribution in [-0.4, -0.2) is 29.6 Å². The molecule has 0 bridgehead atoms. The smallest absolute Gasteiger partial charge is 0.227 e. The van der Waals surface area contributed by atoms with E-state index in [0.29, 0.717) is 6.42 Å². The van der Waals surface area contributed by atoms with Crippen molar-refractivity contribution in [1.29, 1.82) is 0 Å². The molecule has 5 heteroatoms. The normalized spacial score (nSPS) is 17.7. The molecule has 1 aromatic carbocycles. The van der Waals surface area contributed by atoms with Gasteiger partial charge in [-0.05, 0) is 37.5 Å². The van der Waals surface area contributed by atoms with Crippen LogP contribution < -0.4 is 4.74 Å². The second-order valence-corrected chi connectivity index (χ2v) is 5.64. The number of carbonyl (C=O) groups excluding carboxylic acids is 1. The fourth-order valence-corrected chi connectivity index (χ4v) is 2.97. The Hall–Kier alpha value is -2.30. The average molecular weight is 300 g/mol. The van der Waals surface area contributed by atoms with Gasteiger partial charge >= 0.3 is 0 Å². The fourth-order valence-electron chi connectivity index (χ4n) is 2.97. The van der Waals surface area contributed by atoms with E-state index in [0.717, 1.165) is 42.2 Å². The van der Waals surface area contributed by atoms with Gasteiger partial charge in [0.15, 0.2) is 0 Å². The lowest BCUT2D eigenvalue weighted by molar-refractivity contribution is -0.131. The van der Waals surface area contributed by atoms with E-state index >= 15 is 0 Å². The van der Waals surface area contributed by atoms with Crippen LogP contribution in [-0.2, 0) is 11.2 Å². The van der Waals surface area contributed by atoms with Crippen LogP contribution in [0.15, 0.2) is 34.9 Å². The van der Waals surface area contributed by atoms with E-state index in [1.165, 1.54) is 0 Å². The van der Waals surface area contributed by atoms with E-state index in [9.17, 15) is 4.79 Å². The number of nitrogens with zero attached hydrogens (tertiary/aromatic N) is 2. The molecule has 2 aromatic rings. The highest BCUT2D eigenvalue weighted by molar-refractivity contribution is 5.79. The van der Waals surface area contributed by atoms with Gasteiger partial charge in [0.2, 0.25) is 5.91 Å². The zero-order valence-corrected chi connectivity index (χ0v) is 12.9. The summed E-state index contributed by atoms with van der Waals surface area (Å²) in [5.41, 5.74) is 1.82. The zero-order chi connectivity index (χ0) is 15.5. The van der Waals surface area contributed by atoms with Crippen LogP contribution in [0.2, 0.25) is 0 Å². The van der Waals surface area contributed by atoms with Crippen molar-refractivity contribution in [3.63, 3.8) is 0 Å². The molecular weight excluding hydrogens is 280 g/mol. The number of amides is 1. The molecule has 3 rings (SSSR count). The maximum atomic E-state index is 12.6. The van der Waals surface area contributed by atoms with E-state index in [1.807, 2.05) is 42.2 Å². The Morgan fingerprint density at radius 3 is 3.05 bits per heavy atom. The standard InChI is InChI=1S/C17H20N2O3/c1-12-9-15(18-22-12)16-7-4-8-19(16)17(20)11-13-5-3-6-14(10-13)21-2/h3,5-6,9-10,16H,4,7-8,11H2,1-2H3/t16-/m0/s1. The number of aromatic nitrogens is 1. The van der Waals surface area contributed by atoms with Crippen molar-refractivity contribution in [2.75, 3.05) is 13.7 Å². The van der Waals surface area contributed by atoms with Gasteiger partial charge in [0.1, 0.15) is 17.2 Å². The predicted octanol–water partition coefficient (Wildman–Crippen LogP) is 2.90. The molecule has 0 radical (unpaired) electrons. The number of methoxy groups -OCH3 is 1. The van der Waals surface area contributed by atoms with Crippen molar-refractivity contribution < 1.29 is 14.1 Å². The molecule has 1 aliphatic heterocycles. The van der Waals surface area contributed by atoms with Crippen LogP contribution in [0, 0.1) is 6.92 Å².